The van der Waals surface area contributed by atoms with E-state index in [0.717, 1.165) is 52.9 Å². The average Bonchev–Trinajstić information content (AvgIpc) is 2.97. The zero-order valence-corrected chi connectivity index (χ0v) is 15.7. The first kappa shape index (κ1) is 18.1. The van der Waals surface area contributed by atoms with Crippen LogP contribution in [0.1, 0.15) is 41.4 Å². The van der Waals surface area contributed by atoms with Crippen molar-refractivity contribution in [2.75, 3.05) is 7.11 Å². The summed E-state index contributed by atoms with van der Waals surface area (Å²) in [5.41, 5.74) is 4.00. The maximum absolute atomic E-state index is 13.0. The van der Waals surface area contributed by atoms with E-state index >= 15 is 0 Å². The van der Waals surface area contributed by atoms with E-state index in [0.29, 0.717) is 6.54 Å². The number of aryl methyl sites for hydroxylation is 2. The molecule has 0 aliphatic heterocycles. The Morgan fingerprint density at radius 1 is 1.12 bits per heavy atom. The van der Waals surface area contributed by atoms with E-state index in [1.807, 2.05) is 43.3 Å². The van der Waals surface area contributed by atoms with Gasteiger partial charge in [-0.15, -0.1) is 0 Å². The molecule has 0 atom stereocenters. The summed E-state index contributed by atoms with van der Waals surface area (Å²) in [6, 6.07) is 16.0. The van der Waals surface area contributed by atoms with Crippen molar-refractivity contribution in [3.05, 3.63) is 65.4 Å². The van der Waals surface area contributed by atoms with Crippen LogP contribution in [0.4, 0.5) is 0 Å². The van der Waals surface area contributed by atoms with Crippen molar-refractivity contribution in [2.45, 2.75) is 39.8 Å². The Kier molecular flexibility index (Phi) is 5.61. The molecule has 0 saturated carbocycles. The van der Waals surface area contributed by atoms with Crippen LogP contribution in [0.15, 0.2) is 48.5 Å². The molecule has 2 aromatic carbocycles. The van der Waals surface area contributed by atoms with Crippen molar-refractivity contribution in [2.24, 2.45) is 0 Å². The predicted molar refractivity (Wildman–Crippen MR) is 106 cm³/mol. The highest BCUT2D eigenvalue weighted by Crippen LogP contribution is 2.26. The SMILES string of the molecule is CCCCn1c(C(=O)NCc2ccc(OC)cc2)c(C)c2ccccc21. The Hall–Kier alpha value is -2.75. The molecular weight excluding hydrogens is 324 g/mol. The molecule has 4 heteroatoms. The monoisotopic (exact) mass is 350 g/mol. The van der Waals surface area contributed by atoms with Crippen molar-refractivity contribution >= 4 is 16.8 Å². The molecule has 3 rings (SSSR count). The topological polar surface area (TPSA) is 43.3 Å². The van der Waals surface area contributed by atoms with Crippen molar-refractivity contribution in [1.82, 2.24) is 9.88 Å². The van der Waals surface area contributed by atoms with Gasteiger partial charge in [0.15, 0.2) is 0 Å². The lowest BCUT2D eigenvalue weighted by atomic mass is 10.1. The lowest BCUT2D eigenvalue weighted by Crippen LogP contribution is -2.26. The van der Waals surface area contributed by atoms with E-state index in [4.69, 9.17) is 4.74 Å². The number of carbonyl (C=O) groups excluding carboxylic acids is 1. The number of rotatable bonds is 7. The van der Waals surface area contributed by atoms with Gasteiger partial charge in [-0.05, 0) is 42.7 Å². The lowest BCUT2D eigenvalue weighted by molar-refractivity contribution is 0.0941. The van der Waals surface area contributed by atoms with Gasteiger partial charge in [0.2, 0.25) is 0 Å². The van der Waals surface area contributed by atoms with Gasteiger partial charge in [-0.25, -0.2) is 0 Å². The van der Waals surface area contributed by atoms with Crippen LogP contribution in [-0.4, -0.2) is 17.6 Å². The number of methoxy groups -OCH3 is 1. The summed E-state index contributed by atoms with van der Waals surface area (Å²) in [5.74, 6) is 0.793. The van der Waals surface area contributed by atoms with Gasteiger partial charge in [-0.2, -0.15) is 0 Å². The van der Waals surface area contributed by atoms with Gasteiger partial charge in [-0.1, -0.05) is 43.7 Å². The fourth-order valence-electron chi connectivity index (χ4n) is 3.33. The number of ether oxygens (including phenoxy) is 1. The number of benzene rings is 2. The molecule has 1 heterocycles. The van der Waals surface area contributed by atoms with Crippen LogP contribution in [-0.2, 0) is 13.1 Å². The second kappa shape index (κ2) is 8.09. The molecule has 0 aliphatic rings. The number of para-hydroxylation sites is 1. The third-order valence-electron chi connectivity index (χ3n) is 4.79. The second-order valence-electron chi connectivity index (χ2n) is 6.53. The van der Waals surface area contributed by atoms with Crippen LogP contribution in [0, 0.1) is 6.92 Å². The fraction of sp³-hybridized carbons (Fsp3) is 0.318. The third-order valence-corrected chi connectivity index (χ3v) is 4.79. The number of nitrogens with one attached hydrogen (secondary N) is 1. The molecule has 1 N–H and O–H groups in total. The summed E-state index contributed by atoms with van der Waals surface area (Å²) in [5, 5.41) is 4.22. The Bertz CT molecular complexity index is 894. The molecule has 136 valence electrons. The van der Waals surface area contributed by atoms with E-state index in [9.17, 15) is 4.79 Å². The van der Waals surface area contributed by atoms with E-state index in [-0.39, 0.29) is 5.91 Å². The zero-order valence-electron chi connectivity index (χ0n) is 15.7. The Morgan fingerprint density at radius 3 is 2.54 bits per heavy atom. The van der Waals surface area contributed by atoms with E-state index in [2.05, 4.69) is 28.9 Å². The van der Waals surface area contributed by atoms with Crippen molar-refractivity contribution in [1.29, 1.82) is 0 Å². The first-order valence-electron chi connectivity index (χ1n) is 9.14. The normalized spacial score (nSPS) is 10.9. The fourth-order valence-corrected chi connectivity index (χ4v) is 3.33. The number of carbonyl (C=O) groups is 1. The van der Waals surface area contributed by atoms with E-state index in [1.54, 1.807) is 7.11 Å². The molecule has 4 nitrogen and oxygen atoms in total. The molecule has 1 aromatic heterocycles. The first-order valence-corrected chi connectivity index (χ1v) is 9.14. The van der Waals surface area contributed by atoms with Gasteiger partial charge >= 0.3 is 0 Å². The molecule has 0 fully saturated rings. The number of aromatic nitrogens is 1. The van der Waals surface area contributed by atoms with Crippen LogP contribution in [0.5, 0.6) is 5.75 Å². The van der Waals surface area contributed by atoms with Gasteiger partial charge in [-0.3, -0.25) is 4.79 Å². The van der Waals surface area contributed by atoms with Gasteiger partial charge in [0, 0.05) is 24.0 Å². The molecule has 0 saturated heterocycles. The third kappa shape index (κ3) is 3.59. The van der Waals surface area contributed by atoms with Gasteiger partial charge < -0.3 is 14.6 Å². The summed E-state index contributed by atoms with van der Waals surface area (Å²) >= 11 is 0. The molecule has 0 aliphatic carbocycles. The number of amides is 1. The number of nitrogens with zero attached hydrogens (tertiary/aromatic N) is 1. The summed E-state index contributed by atoms with van der Waals surface area (Å²) < 4.78 is 7.34. The summed E-state index contributed by atoms with van der Waals surface area (Å²) in [7, 11) is 1.65. The second-order valence-corrected chi connectivity index (χ2v) is 6.53. The Morgan fingerprint density at radius 2 is 1.85 bits per heavy atom. The summed E-state index contributed by atoms with van der Waals surface area (Å²) in [6.45, 7) is 5.56. The van der Waals surface area contributed by atoms with Crippen LogP contribution < -0.4 is 10.1 Å². The molecule has 0 unspecified atom stereocenters. The van der Waals surface area contributed by atoms with Gasteiger partial charge in [0.25, 0.3) is 5.91 Å². The Balaban J connectivity index is 1.85. The van der Waals surface area contributed by atoms with Crippen LogP contribution in [0.25, 0.3) is 10.9 Å². The minimum atomic E-state index is -0.0226. The van der Waals surface area contributed by atoms with Crippen LogP contribution in [0.2, 0.25) is 0 Å². The molecule has 1 amide bonds. The minimum absolute atomic E-state index is 0.0226. The van der Waals surface area contributed by atoms with E-state index in [1.165, 1.54) is 0 Å². The number of fused-ring (bicyclic) bond motifs is 1. The number of hydrogen-bond acceptors (Lipinski definition) is 2. The van der Waals surface area contributed by atoms with Crippen molar-refractivity contribution < 1.29 is 9.53 Å². The summed E-state index contributed by atoms with van der Waals surface area (Å²) in [4.78, 5) is 13.0. The predicted octanol–water partition coefficient (Wildman–Crippen LogP) is 4.69. The zero-order chi connectivity index (χ0) is 18.5. The highest BCUT2D eigenvalue weighted by atomic mass is 16.5. The number of hydrogen-bond donors (Lipinski definition) is 1. The summed E-state index contributed by atoms with van der Waals surface area (Å²) in [6.07, 6.45) is 2.15. The molecular formula is C22H26N2O2. The van der Waals surface area contributed by atoms with Crippen molar-refractivity contribution in [3.8, 4) is 5.75 Å². The largest absolute Gasteiger partial charge is 0.497 e. The highest BCUT2D eigenvalue weighted by molar-refractivity contribution is 6.01. The van der Waals surface area contributed by atoms with E-state index < -0.39 is 0 Å². The molecule has 0 radical (unpaired) electrons. The highest BCUT2D eigenvalue weighted by Gasteiger charge is 2.19. The standard InChI is InChI=1S/C22H26N2O2/c1-4-5-14-24-20-9-7-6-8-19(20)16(2)21(24)22(25)23-15-17-10-12-18(26-3)13-11-17/h6-13H,4-5,14-15H2,1-3H3,(H,23,25). The van der Waals surface area contributed by atoms with Crippen LogP contribution in [0.3, 0.4) is 0 Å². The molecule has 26 heavy (non-hydrogen) atoms. The lowest BCUT2D eigenvalue weighted by Gasteiger charge is -2.12. The smallest absolute Gasteiger partial charge is 0.268 e. The quantitative estimate of drug-likeness (QED) is 0.672. The van der Waals surface area contributed by atoms with Gasteiger partial charge in [0.05, 0.1) is 7.11 Å². The van der Waals surface area contributed by atoms with Gasteiger partial charge in [0.1, 0.15) is 11.4 Å². The first-order chi connectivity index (χ1) is 12.7. The Labute approximate surface area is 154 Å². The molecule has 0 bridgehead atoms. The van der Waals surface area contributed by atoms with Crippen molar-refractivity contribution in [3.63, 3.8) is 0 Å². The number of unbranched alkanes of at least 4 members (excludes halogenated alkanes) is 1. The maximum atomic E-state index is 13.0. The molecule has 3 aromatic rings. The van der Waals surface area contributed by atoms with Crippen LogP contribution >= 0.6 is 0 Å². The average molecular weight is 350 g/mol. The molecule has 0 spiro atoms. The maximum Gasteiger partial charge on any atom is 0.268 e. The minimum Gasteiger partial charge on any atom is -0.497 e.